The minimum Gasteiger partial charge on any atom is -0.304 e. The Hall–Kier alpha value is -1.75. The third-order valence-corrected chi connectivity index (χ3v) is 2.12. The first-order valence-corrected chi connectivity index (χ1v) is 4.80. The molecule has 0 fully saturated rings. The number of aryl methyl sites for hydroxylation is 1. The fourth-order valence-corrected chi connectivity index (χ4v) is 1.29. The molecule has 0 bridgehead atoms. The summed E-state index contributed by atoms with van der Waals surface area (Å²) >= 11 is 0. The number of nitrogens with one attached hydrogen (secondary N) is 1. The third kappa shape index (κ3) is 2.60. The molecular weight excluding hydrogens is 190 g/mol. The maximum atomic E-state index is 4.21. The molecular formula is C10H13N5. The summed E-state index contributed by atoms with van der Waals surface area (Å²) in [6, 6.07) is 5.88. The van der Waals surface area contributed by atoms with Crippen LogP contribution in [0, 0.1) is 0 Å². The van der Waals surface area contributed by atoms with Crippen molar-refractivity contribution in [1.29, 1.82) is 0 Å². The quantitative estimate of drug-likeness (QED) is 0.786. The van der Waals surface area contributed by atoms with Crippen LogP contribution >= 0.6 is 0 Å². The third-order valence-electron chi connectivity index (χ3n) is 2.12. The van der Waals surface area contributed by atoms with E-state index in [2.05, 4.69) is 20.4 Å². The minimum atomic E-state index is 0.701. The molecule has 0 aliphatic heterocycles. The number of aromatic nitrogens is 4. The van der Waals surface area contributed by atoms with E-state index in [0.29, 0.717) is 6.54 Å². The van der Waals surface area contributed by atoms with E-state index >= 15 is 0 Å². The van der Waals surface area contributed by atoms with Gasteiger partial charge in [-0.2, -0.15) is 5.10 Å². The van der Waals surface area contributed by atoms with Crippen LogP contribution in [0.5, 0.6) is 0 Å². The number of rotatable bonds is 4. The van der Waals surface area contributed by atoms with Gasteiger partial charge in [-0.1, -0.05) is 6.07 Å². The molecule has 0 atom stereocenters. The summed E-state index contributed by atoms with van der Waals surface area (Å²) in [5, 5.41) is 7.25. The van der Waals surface area contributed by atoms with Gasteiger partial charge in [-0.05, 0) is 12.1 Å². The molecule has 0 amide bonds. The van der Waals surface area contributed by atoms with Crippen molar-refractivity contribution >= 4 is 0 Å². The maximum Gasteiger partial charge on any atom is 0.140 e. The average molecular weight is 203 g/mol. The summed E-state index contributed by atoms with van der Waals surface area (Å²) in [5.74, 6) is 0.922. The molecule has 2 rings (SSSR count). The molecule has 0 spiro atoms. The molecule has 0 aliphatic carbocycles. The molecule has 78 valence electrons. The van der Waals surface area contributed by atoms with Gasteiger partial charge in [0.15, 0.2) is 0 Å². The highest BCUT2D eigenvalue weighted by atomic mass is 15.3. The Morgan fingerprint density at radius 1 is 1.27 bits per heavy atom. The Morgan fingerprint density at radius 2 is 2.20 bits per heavy atom. The monoisotopic (exact) mass is 203 g/mol. The van der Waals surface area contributed by atoms with Crippen molar-refractivity contribution in [3.63, 3.8) is 0 Å². The highest BCUT2D eigenvalue weighted by Crippen LogP contribution is 1.94. The predicted molar refractivity (Wildman–Crippen MR) is 55.8 cm³/mol. The van der Waals surface area contributed by atoms with Gasteiger partial charge in [0.1, 0.15) is 12.2 Å². The van der Waals surface area contributed by atoms with Gasteiger partial charge in [-0.25, -0.2) is 4.98 Å². The van der Waals surface area contributed by atoms with Gasteiger partial charge >= 0.3 is 0 Å². The first-order chi connectivity index (χ1) is 7.36. The van der Waals surface area contributed by atoms with E-state index in [0.717, 1.165) is 18.1 Å². The Labute approximate surface area is 88.2 Å². The molecule has 0 radical (unpaired) electrons. The second-order valence-electron chi connectivity index (χ2n) is 3.22. The van der Waals surface area contributed by atoms with E-state index in [9.17, 15) is 0 Å². The molecule has 0 saturated heterocycles. The second kappa shape index (κ2) is 4.65. The highest BCUT2D eigenvalue weighted by molar-refractivity contribution is 5.03. The van der Waals surface area contributed by atoms with Gasteiger partial charge < -0.3 is 5.32 Å². The molecule has 2 aromatic rings. The molecule has 0 unspecified atom stereocenters. The molecule has 1 N–H and O–H groups in total. The number of hydrogen-bond donors (Lipinski definition) is 1. The van der Waals surface area contributed by atoms with Crippen LogP contribution in [0.1, 0.15) is 11.5 Å². The zero-order chi connectivity index (χ0) is 10.5. The topological polar surface area (TPSA) is 55.6 Å². The lowest BCUT2D eigenvalue weighted by Crippen LogP contribution is -2.16. The largest absolute Gasteiger partial charge is 0.304 e. The normalized spacial score (nSPS) is 10.5. The molecule has 0 aromatic carbocycles. The van der Waals surface area contributed by atoms with Gasteiger partial charge in [-0.3, -0.25) is 9.67 Å². The molecule has 0 saturated carbocycles. The molecule has 0 aliphatic rings. The van der Waals surface area contributed by atoms with Crippen LogP contribution in [0.3, 0.4) is 0 Å². The van der Waals surface area contributed by atoms with Crippen LogP contribution in [-0.4, -0.2) is 19.7 Å². The molecule has 5 heteroatoms. The van der Waals surface area contributed by atoms with Crippen LogP contribution in [0.15, 0.2) is 30.7 Å². The van der Waals surface area contributed by atoms with Gasteiger partial charge in [0.05, 0.1) is 12.2 Å². The van der Waals surface area contributed by atoms with Crippen molar-refractivity contribution in [3.05, 3.63) is 42.2 Å². The summed E-state index contributed by atoms with van der Waals surface area (Å²) in [5.41, 5.74) is 1.03. The summed E-state index contributed by atoms with van der Waals surface area (Å²) < 4.78 is 1.76. The van der Waals surface area contributed by atoms with Crippen LogP contribution in [0.4, 0.5) is 0 Å². The van der Waals surface area contributed by atoms with Gasteiger partial charge in [0, 0.05) is 19.8 Å². The van der Waals surface area contributed by atoms with E-state index in [1.807, 2.05) is 25.2 Å². The SMILES string of the molecule is Cn1ncnc1CNCc1ccccn1. The minimum absolute atomic E-state index is 0.701. The fourth-order valence-electron chi connectivity index (χ4n) is 1.29. The summed E-state index contributed by atoms with van der Waals surface area (Å²) in [6.07, 6.45) is 3.34. The van der Waals surface area contributed by atoms with Crippen molar-refractivity contribution in [1.82, 2.24) is 25.1 Å². The van der Waals surface area contributed by atoms with Crippen molar-refractivity contribution in [3.8, 4) is 0 Å². The zero-order valence-corrected chi connectivity index (χ0v) is 8.59. The van der Waals surface area contributed by atoms with E-state index in [1.165, 1.54) is 0 Å². The van der Waals surface area contributed by atoms with Crippen LogP contribution in [-0.2, 0) is 20.1 Å². The average Bonchev–Trinajstić information content (AvgIpc) is 2.66. The molecule has 2 heterocycles. The smallest absolute Gasteiger partial charge is 0.140 e. The highest BCUT2D eigenvalue weighted by Gasteiger charge is 1.99. The number of hydrogen-bond acceptors (Lipinski definition) is 4. The van der Waals surface area contributed by atoms with Crippen LogP contribution in [0.25, 0.3) is 0 Å². The van der Waals surface area contributed by atoms with Crippen LogP contribution in [0.2, 0.25) is 0 Å². The molecule has 15 heavy (non-hydrogen) atoms. The van der Waals surface area contributed by atoms with E-state index in [4.69, 9.17) is 0 Å². The molecule has 2 aromatic heterocycles. The van der Waals surface area contributed by atoms with E-state index in [1.54, 1.807) is 17.2 Å². The maximum absolute atomic E-state index is 4.21. The summed E-state index contributed by atoms with van der Waals surface area (Å²) in [4.78, 5) is 8.33. The van der Waals surface area contributed by atoms with Crippen LogP contribution < -0.4 is 5.32 Å². The second-order valence-corrected chi connectivity index (χ2v) is 3.22. The Bertz CT molecular complexity index is 409. The first kappa shape index (κ1) is 9.79. The van der Waals surface area contributed by atoms with E-state index in [-0.39, 0.29) is 0 Å². The zero-order valence-electron chi connectivity index (χ0n) is 8.59. The standard InChI is InChI=1S/C10H13N5/c1-15-10(13-8-14-15)7-11-6-9-4-2-3-5-12-9/h2-5,8,11H,6-7H2,1H3. The van der Waals surface area contributed by atoms with Crippen molar-refractivity contribution in [2.45, 2.75) is 13.1 Å². The van der Waals surface area contributed by atoms with Crippen molar-refractivity contribution in [2.24, 2.45) is 7.05 Å². The Kier molecular flexibility index (Phi) is 3.04. The Morgan fingerprint density at radius 3 is 2.87 bits per heavy atom. The lowest BCUT2D eigenvalue weighted by molar-refractivity contribution is 0.608. The van der Waals surface area contributed by atoms with Gasteiger partial charge in [0.2, 0.25) is 0 Å². The lowest BCUT2D eigenvalue weighted by atomic mass is 10.3. The van der Waals surface area contributed by atoms with Crippen molar-refractivity contribution < 1.29 is 0 Å². The first-order valence-electron chi connectivity index (χ1n) is 4.80. The predicted octanol–water partition coefficient (Wildman–Crippen LogP) is 0.500. The summed E-state index contributed by atoms with van der Waals surface area (Å²) in [7, 11) is 1.88. The fraction of sp³-hybridized carbons (Fsp3) is 0.300. The Balaban J connectivity index is 1.83. The lowest BCUT2D eigenvalue weighted by Gasteiger charge is -2.03. The number of pyridine rings is 1. The van der Waals surface area contributed by atoms with Gasteiger partial charge in [0.25, 0.3) is 0 Å². The van der Waals surface area contributed by atoms with E-state index < -0.39 is 0 Å². The van der Waals surface area contributed by atoms with Gasteiger partial charge in [-0.15, -0.1) is 0 Å². The molecule has 5 nitrogen and oxygen atoms in total. The van der Waals surface area contributed by atoms with Crippen molar-refractivity contribution in [2.75, 3.05) is 0 Å². The number of nitrogens with zero attached hydrogens (tertiary/aromatic N) is 4. The summed E-state index contributed by atoms with van der Waals surface area (Å²) in [6.45, 7) is 1.45.